The molecule has 0 bridgehead atoms. The summed E-state index contributed by atoms with van der Waals surface area (Å²) in [6.07, 6.45) is 2.14. The third-order valence-electron chi connectivity index (χ3n) is 2.12. The predicted octanol–water partition coefficient (Wildman–Crippen LogP) is 3.19. The Labute approximate surface area is 70.8 Å². The lowest BCUT2D eigenvalue weighted by Crippen LogP contribution is -2.10. The Morgan fingerprint density at radius 1 is 1.30 bits per heavy atom. The lowest BCUT2D eigenvalue weighted by atomic mass is 9.92. The van der Waals surface area contributed by atoms with E-state index in [1.807, 2.05) is 0 Å². The Morgan fingerprint density at radius 3 is 2.10 bits per heavy atom. The van der Waals surface area contributed by atoms with Gasteiger partial charge in [-0.25, -0.2) is 0 Å². The van der Waals surface area contributed by atoms with Gasteiger partial charge in [-0.1, -0.05) is 27.7 Å². The molecule has 0 nitrogen and oxygen atoms in total. The Hall–Kier alpha value is 0.350. The molecule has 0 spiro atoms. The van der Waals surface area contributed by atoms with E-state index >= 15 is 0 Å². The summed E-state index contributed by atoms with van der Waals surface area (Å²) in [5.41, 5.74) is 0. The molecule has 0 N–H and O–H groups in total. The quantitative estimate of drug-likeness (QED) is 0.598. The molecule has 0 saturated heterocycles. The minimum Gasteiger partial charge on any atom is -0.176 e. The molecule has 1 heteroatoms. The summed E-state index contributed by atoms with van der Waals surface area (Å²) in [6.45, 7) is 10.6. The molecule has 0 rings (SSSR count). The Bertz CT molecular complexity index is 78.8. The monoisotopic (exact) mass is 159 g/mol. The molecular weight excluding hydrogens is 140 g/mol. The Kier molecular flexibility index (Phi) is 5.24. The maximum Gasteiger partial charge on any atom is 0.00194 e. The van der Waals surface area contributed by atoms with Gasteiger partial charge in [0, 0.05) is 5.25 Å². The van der Waals surface area contributed by atoms with Gasteiger partial charge in [0.1, 0.15) is 0 Å². The first kappa shape index (κ1) is 10.3. The van der Waals surface area contributed by atoms with Crippen LogP contribution in [0.3, 0.4) is 0 Å². The Morgan fingerprint density at radius 2 is 1.80 bits per heavy atom. The molecule has 0 aliphatic carbocycles. The molecule has 2 unspecified atom stereocenters. The van der Waals surface area contributed by atoms with Crippen molar-refractivity contribution >= 4 is 12.6 Å². The minimum absolute atomic E-state index is 0.498. The zero-order valence-corrected chi connectivity index (χ0v) is 8.20. The van der Waals surface area contributed by atoms with E-state index in [0.29, 0.717) is 5.25 Å². The molecular formula is C9H19S. The van der Waals surface area contributed by atoms with Gasteiger partial charge in [-0.3, -0.25) is 0 Å². The number of thiol groups is 1. The Balaban J connectivity index is 3.46. The van der Waals surface area contributed by atoms with E-state index in [1.54, 1.807) is 0 Å². The van der Waals surface area contributed by atoms with Crippen molar-refractivity contribution in [3.05, 3.63) is 6.92 Å². The van der Waals surface area contributed by atoms with Crippen LogP contribution in [0.2, 0.25) is 0 Å². The van der Waals surface area contributed by atoms with Gasteiger partial charge in [0.15, 0.2) is 0 Å². The van der Waals surface area contributed by atoms with E-state index in [-0.39, 0.29) is 0 Å². The van der Waals surface area contributed by atoms with Crippen LogP contribution in [0.25, 0.3) is 0 Å². The molecule has 61 valence electrons. The van der Waals surface area contributed by atoms with Crippen LogP contribution < -0.4 is 0 Å². The zero-order chi connectivity index (χ0) is 8.15. The first-order valence-corrected chi connectivity index (χ1v) is 4.56. The van der Waals surface area contributed by atoms with Crippen molar-refractivity contribution in [3.63, 3.8) is 0 Å². The minimum atomic E-state index is 0.498. The van der Waals surface area contributed by atoms with Gasteiger partial charge in [-0.2, -0.15) is 12.6 Å². The molecule has 0 heterocycles. The van der Waals surface area contributed by atoms with Crippen LogP contribution in [0.1, 0.15) is 33.6 Å². The maximum absolute atomic E-state index is 4.40. The first-order valence-electron chi connectivity index (χ1n) is 4.05. The second-order valence-corrected chi connectivity index (χ2v) is 4.13. The zero-order valence-electron chi connectivity index (χ0n) is 7.30. The van der Waals surface area contributed by atoms with E-state index < -0.39 is 0 Å². The van der Waals surface area contributed by atoms with Crippen molar-refractivity contribution < 1.29 is 0 Å². The molecule has 10 heavy (non-hydrogen) atoms. The summed E-state index contributed by atoms with van der Waals surface area (Å²) in [5.74, 6) is 1.56. The van der Waals surface area contributed by atoms with Gasteiger partial charge in [0.25, 0.3) is 0 Å². The average molecular weight is 159 g/mol. The average Bonchev–Trinajstić information content (AvgIpc) is 1.87. The van der Waals surface area contributed by atoms with Crippen LogP contribution in [0.15, 0.2) is 0 Å². The molecule has 0 saturated carbocycles. The fraction of sp³-hybridized carbons (Fsp3) is 0.889. The van der Waals surface area contributed by atoms with E-state index in [2.05, 4.69) is 40.3 Å². The summed E-state index contributed by atoms with van der Waals surface area (Å²) in [6, 6.07) is 0. The van der Waals surface area contributed by atoms with Crippen LogP contribution in [0.5, 0.6) is 0 Å². The third-order valence-corrected chi connectivity index (χ3v) is 2.58. The molecule has 0 amide bonds. The number of hydrogen-bond donors (Lipinski definition) is 1. The van der Waals surface area contributed by atoms with E-state index in [1.165, 1.54) is 6.42 Å². The summed E-state index contributed by atoms with van der Waals surface area (Å²) >= 11 is 4.40. The molecule has 0 aromatic carbocycles. The number of hydrogen-bond acceptors (Lipinski definition) is 1. The van der Waals surface area contributed by atoms with E-state index in [0.717, 1.165) is 18.3 Å². The first-order chi connectivity index (χ1) is 4.57. The molecule has 0 aromatic rings. The summed E-state index contributed by atoms with van der Waals surface area (Å²) in [5, 5.41) is 0.498. The van der Waals surface area contributed by atoms with Gasteiger partial charge in [-0.05, 0) is 24.7 Å². The summed E-state index contributed by atoms with van der Waals surface area (Å²) < 4.78 is 0. The molecule has 1 radical (unpaired) electrons. The molecule has 0 aromatic heterocycles. The lowest BCUT2D eigenvalue weighted by molar-refractivity contribution is 0.388. The van der Waals surface area contributed by atoms with Crippen LogP contribution in [-0.4, -0.2) is 5.25 Å². The summed E-state index contributed by atoms with van der Waals surface area (Å²) in [7, 11) is 0. The molecule has 0 aliphatic heterocycles. The van der Waals surface area contributed by atoms with Crippen molar-refractivity contribution in [2.75, 3.05) is 0 Å². The third kappa shape index (κ3) is 4.21. The highest BCUT2D eigenvalue weighted by molar-refractivity contribution is 7.80. The second-order valence-electron chi connectivity index (χ2n) is 3.40. The fourth-order valence-corrected chi connectivity index (χ4v) is 1.15. The van der Waals surface area contributed by atoms with E-state index in [4.69, 9.17) is 0 Å². The van der Waals surface area contributed by atoms with Crippen molar-refractivity contribution in [1.29, 1.82) is 0 Å². The normalized spacial score (nSPS) is 17.4. The van der Waals surface area contributed by atoms with Gasteiger partial charge in [0.05, 0.1) is 0 Å². The molecule has 0 aliphatic rings. The standard InChI is InChI=1S/C9H19S/c1-5-9(10)6-8(4)7(2)3/h7-10H,1,5-6H2,2-4H3. The SMILES string of the molecule is [CH2]CC(S)CC(C)C(C)C. The fourth-order valence-electron chi connectivity index (χ4n) is 0.819. The van der Waals surface area contributed by atoms with E-state index in [9.17, 15) is 0 Å². The van der Waals surface area contributed by atoms with Crippen LogP contribution in [-0.2, 0) is 0 Å². The highest BCUT2D eigenvalue weighted by Crippen LogP contribution is 2.19. The van der Waals surface area contributed by atoms with Gasteiger partial charge >= 0.3 is 0 Å². The largest absolute Gasteiger partial charge is 0.176 e. The van der Waals surface area contributed by atoms with Crippen molar-refractivity contribution in [2.24, 2.45) is 11.8 Å². The maximum atomic E-state index is 4.40. The number of rotatable bonds is 4. The van der Waals surface area contributed by atoms with Crippen molar-refractivity contribution in [3.8, 4) is 0 Å². The van der Waals surface area contributed by atoms with Crippen molar-refractivity contribution in [1.82, 2.24) is 0 Å². The molecule has 0 fully saturated rings. The predicted molar refractivity (Wildman–Crippen MR) is 51.4 cm³/mol. The van der Waals surface area contributed by atoms with Gasteiger partial charge in [-0.15, -0.1) is 0 Å². The topological polar surface area (TPSA) is 0 Å². The van der Waals surface area contributed by atoms with Gasteiger partial charge in [0.2, 0.25) is 0 Å². The smallest absolute Gasteiger partial charge is 0.00194 e. The van der Waals surface area contributed by atoms with Crippen LogP contribution in [0.4, 0.5) is 0 Å². The summed E-state index contributed by atoms with van der Waals surface area (Å²) in [4.78, 5) is 0. The highest BCUT2D eigenvalue weighted by Gasteiger charge is 2.10. The van der Waals surface area contributed by atoms with Crippen LogP contribution >= 0.6 is 12.6 Å². The van der Waals surface area contributed by atoms with Gasteiger partial charge < -0.3 is 0 Å². The highest BCUT2D eigenvalue weighted by atomic mass is 32.1. The second kappa shape index (κ2) is 5.06. The van der Waals surface area contributed by atoms with Crippen LogP contribution in [0, 0.1) is 18.8 Å². The lowest BCUT2D eigenvalue weighted by Gasteiger charge is -2.18. The molecule has 2 atom stereocenters. The van der Waals surface area contributed by atoms with Crippen molar-refractivity contribution in [2.45, 2.75) is 38.9 Å².